The smallest absolute Gasteiger partial charge is 0.251 e. The van der Waals surface area contributed by atoms with Crippen molar-refractivity contribution in [3.63, 3.8) is 0 Å². The molecule has 42 heavy (non-hydrogen) atoms. The van der Waals surface area contributed by atoms with Crippen molar-refractivity contribution in [1.29, 1.82) is 5.26 Å². The van der Waals surface area contributed by atoms with Gasteiger partial charge in [-0.15, -0.1) is 0 Å². The molecule has 0 bridgehead atoms. The summed E-state index contributed by atoms with van der Waals surface area (Å²) >= 11 is 0. The summed E-state index contributed by atoms with van der Waals surface area (Å²) in [5, 5.41) is 12.5. The molecule has 0 atom stereocenters. The molecule has 1 aliphatic heterocycles. The number of hydrogen-bond acceptors (Lipinski definition) is 7. The molecule has 8 nitrogen and oxygen atoms in total. The number of anilines is 1. The minimum Gasteiger partial charge on any atom is -0.436 e. The molecule has 1 saturated heterocycles. The van der Waals surface area contributed by atoms with Crippen LogP contribution in [-0.4, -0.2) is 40.5 Å². The van der Waals surface area contributed by atoms with Crippen molar-refractivity contribution in [3.05, 3.63) is 77.1 Å². The van der Waals surface area contributed by atoms with E-state index in [0.29, 0.717) is 40.6 Å². The first-order valence-corrected chi connectivity index (χ1v) is 15.0. The molecule has 0 spiro atoms. The molecule has 3 heterocycles. The quantitative estimate of drug-likeness (QED) is 0.262. The number of allylic oxidation sites excluding steroid dienone is 2. The van der Waals surface area contributed by atoms with E-state index in [4.69, 9.17) is 4.42 Å². The number of nitrogens with one attached hydrogen (secondary N) is 1. The van der Waals surface area contributed by atoms with Crippen molar-refractivity contribution in [2.45, 2.75) is 58.3 Å². The van der Waals surface area contributed by atoms with Crippen LogP contribution in [0.3, 0.4) is 0 Å². The molecule has 6 rings (SSSR count). The van der Waals surface area contributed by atoms with Crippen LogP contribution in [0.4, 0.5) is 5.95 Å². The second-order valence-corrected chi connectivity index (χ2v) is 11.7. The molecule has 4 aromatic rings. The molecular formula is C34H36N6O2. The van der Waals surface area contributed by atoms with Crippen LogP contribution < -0.4 is 10.2 Å². The summed E-state index contributed by atoms with van der Waals surface area (Å²) in [6.45, 7) is 6.55. The van der Waals surface area contributed by atoms with Crippen LogP contribution in [0.15, 0.2) is 59.3 Å². The second kappa shape index (κ2) is 12.2. The molecule has 0 saturated carbocycles. The van der Waals surface area contributed by atoms with Crippen LogP contribution in [0.5, 0.6) is 0 Å². The zero-order valence-corrected chi connectivity index (χ0v) is 24.3. The first kappa shape index (κ1) is 27.6. The van der Waals surface area contributed by atoms with Gasteiger partial charge < -0.3 is 14.6 Å². The monoisotopic (exact) mass is 560 g/mol. The number of benzene rings is 2. The number of carbonyl (C=O) groups is 1. The molecule has 214 valence electrons. The van der Waals surface area contributed by atoms with E-state index in [1.54, 1.807) is 18.2 Å². The minimum atomic E-state index is -0.0850. The first-order chi connectivity index (χ1) is 20.5. The van der Waals surface area contributed by atoms with Crippen molar-refractivity contribution < 1.29 is 9.21 Å². The lowest BCUT2D eigenvalue weighted by molar-refractivity contribution is 0.0945. The Balaban J connectivity index is 1.02. The molecule has 1 amide bonds. The Morgan fingerprint density at radius 3 is 2.52 bits per heavy atom. The Labute approximate surface area is 246 Å². The van der Waals surface area contributed by atoms with Crippen LogP contribution in [0.1, 0.15) is 85.3 Å². The maximum Gasteiger partial charge on any atom is 0.251 e. The first-order valence-electron chi connectivity index (χ1n) is 15.0. The van der Waals surface area contributed by atoms with Gasteiger partial charge in [0, 0.05) is 54.3 Å². The van der Waals surface area contributed by atoms with E-state index in [0.717, 1.165) is 61.4 Å². The molecule has 1 aliphatic carbocycles. The Bertz CT molecular complexity index is 1640. The largest absolute Gasteiger partial charge is 0.436 e. The van der Waals surface area contributed by atoms with Gasteiger partial charge in [0.2, 0.25) is 11.8 Å². The molecule has 2 aromatic heterocycles. The van der Waals surface area contributed by atoms with E-state index >= 15 is 0 Å². The number of aromatic nitrogens is 3. The predicted molar refractivity (Wildman–Crippen MR) is 164 cm³/mol. The highest BCUT2D eigenvalue weighted by Crippen LogP contribution is 2.32. The normalized spacial score (nSPS) is 16.0. The fourth-order valence-corrected chi connectivity index (χ4v) is 5.87. The third-order valence-electron chi connectivity index (χ3n) is 8.41. The SMILES string of the molecule is CC(C)c1cc(C#N)cc2nc(-c3ccc(C(=O)NCC4CCN(c5ncc(C6=CCCCC6)cn5)CC4)cc3)oc12. The number of fused-ring (bicyclic) bond motifs is 1. The number of oxazole rings is 1. The maximum atomic E-state index is 12.9. The van der Waals surface area contributed by atoms with Crippen molar-refractivity contribution in [2.24, 2.45) is 5.92 Å². The van der Waals surface area contributed by atoms with E-state index in [9.17, 15) is 10.1 Å². The van der Waals surface area contributed by atoms with Gasteiger partial charge in [0.25, 0.3) is 5.91 Å². The Morgan fingerprint density at radius 1 is 1.10 bits per heavy atom. The molecule has 8 heteroatoms. The number of nitrogens with zero attached hydrogens (tertiary/aromatic N) is 5. The van der Waals surface area contributed by atoms with Crippen LogP contribution in [0.2, 0.25) is 0 Å². The van der Waals surface area contributed by atoms with Gasteiger partial charge in [-0.2, -0.15) is 5.26 Å². The van der Waals surface area contributed by atoms with Gasteiger partial charge in [-0.25, -0.2) is 15.0 Å². The topological polar surface area (TPSA) is 108 Å². The zero-order valence-electron chi connectivity index (χ0n) is 24.3. The van der Waals surface area contributed by atoms with E-state index in [1.165, 1.54) is 18.4 Å². The van der Waals surface area contributed by atoms with Crippen molar-refractivity contribution >= 4 is 28.5 Å². The molecule has 2 aliphatic rings. The fourth-order valence-electron chi connectivity index (χ4n) is 5.87. The Kier molecular flexibility index (Phi) is 8.00. The molecule has 1 fully saturated rings. The van der Waals surface area contributed by atoms with Crippen LogP contribution >= 0.6 is 0 Å². The standard InChI is InChI=1S/C34H36N6O2/c1-22(2)29-16-24(18-35)17-30-31(29)42-33(39-30)27-10-8-26(9-11-27)32(41)36-19-23-12-14-40(15-13-23)34-37-20-28(21-38-34)25-6-4-3-5-7-25/h6,8-11,16-17,20-23H,3-5,7,12-15,19H2,1-2H3,(H,36,41). The summed E-state index contributed by atoms with van der Waals surface area (Å²) in [5.74, 6) is 1.81. The molecule has 0 unspecified atom stereocenters. The number of nitriles is 1. The van der Waals surface area contributed by atoms with Gasteiger partial charge in [0.1, 0.15) is 5.52 Å². The summed E-state index contributed by atoms with van der Waals surface area (Å²) in [6.07, 6.45) is 13.0. The van der Waals surface area contributed by atoms with E-state index in [-0.39, 0.29) is 11.8 Å². The lowest BCUT2D eigenvalue weighted by Gasteiger charge is -2.32. The highest BCUT2D eigenvalue weighted by molar-refractivity contribution is 5.94. The van der Waals surface area contributed by atoms with Crippen LogP contribution in [0, 0.1) is 17.2 Å². The number of amides is 1. The third-order valence-corrected chi connectivity index (χ3v) is 8.41. The number of hydrogen-bond donors (Lipinski definition) is 1. The average molecular weight is 561 g/mol. The fraction of sp³-hybridized carbons (Fsp3) is 0.382. The van der Waals surface area contributed by atoms with Gasteiger partial charge in [0.15, 0.2) is 5.58 Å². The minimum absolute atomic E-state index is 0.0850. The Morgan fingerprint density at radius 2 is 1.86 bits per heavy atom. The predicted octanol–water partition coefficient (Wildman–Crippen LogP) is 6.88. The molecule has 0 radical (unpaired) electrons. The van der Waals surface area contributed by atoms with E-state index in [2.05, 4.69) is 51.2 Å². The summed E-state index contributed by atoms with van der Waals surface area (Å²) < 4.78 is 6.11. The molecule has 1 N–H and O–H groups in total. The van der Waals surface area contributed by atoms with Crippen LogP contribution in [-0.2, 0) is 0 Å². The molecular weight excluding hydrogens is 524 g/mol. The van der Waals surface area contributed by atoms with Gasteiger partial charge in [-0.1, -0.05) is 19.9 Å². The van der Waals surface area contributed by atoms with Gasteiger partial charge >= 0.3 is 0 Å². The summed E-state index contributed by atoms with van der Waals surface area (Å²) in [4.78, 5) is 29.1. The summed E-state index contributed by atoms with van der Waals surface area (Å²) in [5.41, 5.74) is 6.80. The highest BCUT2D eigenvalue weighted by atomic mass is 16.3. The zero-order chi connectivity index (χ0) is 29.1. The van der Waals surface area contributed by atoms with Gasteiger partial charge in [0.05, 0.1) is 11.6 Å². The van der Waals surface area contributed by atoms with Crippen molar-refractivity contribution in [3.8, 4) is 17.5 Å². The van der Waals surface area contributed by atoms with E-state index < -0.39 is 0 Å². The second-order valence-electron chi connectivity index (χ2n) is 11.7. The van der Waals surface area contributed by atoms with Gasteiger partial charge in [-0.3, -0.25) is 4.79 Å². The van der Waals surface area contributed by atoms with Gasteiger partial charge in [-0.05, 0) is 92.3 Å². The number of rotatable bonds is 7. The van der Waals surface area contributed by atoms with E-state index in [1.807, 2.05) is 30.6 Å². The maximum absolute atomic E-state index is 12.9. The number of piperidine rings is 1. The highest BCUT2D eigenvalue weighted by Gasteiger charge is 2.22. The number of carbonyl (C=O) groups excluding carboxylic acids is 1. The third kappa shape index (κ3) is 5.91. The Hall–Kier alpha value is -4.51. The van der Waals surface area contributed by atoms with Crippen LogP contribution in [0.25, 0.3) is 28.1 Å². The lowest BCUT2D eigenvalue weighted by atomic mass is 9.95. The molecule has 2 aromatic carbocycles. The van der Waals surface area contributed by atoms with Crippen molar-refractivity contribution in [1.82, 2.24) is 20.3 Å². The summed E-state index contributed by atoms with van der Waals surface area (Å²) in [6, 6.07) is 13.1. The lowest BCUT2D eigenvalue weighted by Crippen LogP contribution is -2.39. The average Bonchev–Trinajstić information content (AvgIpc) is 3.48. The van der Waals surface area contributed by atoms with Crippen molar-refractivity contribution in [2.75, 3.05) is 24.5 Å². The summed E-state index contributed by atoms with van der Waals surface area (Å²) in [7, 11) is 0.